The summed E-state index contributed by atoms with van der Waals surface area (Å²) < 4.78 is 0. The van der Waals surface area contributed by atoms with Crippen LogP contribution in [-0.4, -0.2) is 242 Å². The Morgan fingerprint density at radius 1 is 0.478 bits per heavy atom. The minimum absolute atomic E-state index is 0.0178. The van der Waals surface area contributed by atoms with Crippen molar-refractivity contribution in [2.24, 2.45) is 11.5 Å². The van der Waals surface area contributed by atoms with Crippen molar-refractivity contribution in [2.75, 3.05) is 26.3 Å². The van der Waals surface area contributed by atoms with Crippen LogP contribution in [-0.2, 0) is 101 Å². The van der Waals surface area contributed by atoms with Gasteiger partial charge in [0.1, 0.15) is 77.7 Å². The fourth-order valence-electron chi connectivity index (χ4n) is 13.4. The Morgan fingerprint density at radius 2 is 0.876 bits per heavy atom. The standard InChI is InChI=1S/C77H92N16O20/c1-41(96)65(77(112)113)91-71(106)57(32-45-19-25-50(99)26-20-45)85-70(105)59(35-64(79)100)87-67(102)55(30-43-15-21-48(97)22-16-43)83-66(101)54(29-42-9-3-2-4-10-42)86-72(107)60(38-94)89-68(103)56(31-44-17-23-49(98)24-18-44)84-69(104)58(34-47-37-80-40-82-47)88-73(108)63-14-8-28-93(63)76(111)61(39-95)90-74(109)62-13-7-27-92(62)75(110)52(78)33-46-36-81-53-12-6-5-11-51(46)53/h2-6,9-12,15-26,36-37,40-41,52,54-63,65,81,94-99H,7-8,13-14,27-35,38-39,78H2,1H3,(H2,79,100)(H,80,82)(H,83,101)(H,84,104)(H,85,105)(H,86,107)(H,87,102)(H,88,108)(H,89,103)(H,90,109)(H,91,106)(H,112,113)/t41-,52+,54+,55+,56+,57+,58+,59+,60+,61+,62+,63+,65+/m1/s1. The highest BCUT2D eigenvalue weighted by molar-refractivity contribution is 6.01. The number of primary amides is 1. The second-order valence-electron chi connectivity index (χ2n) is 27.7. The Balaban J connectivity index is 0.904. The molecule has 4 heterocycles. The smallest absolute Gasteiger partial charge is 0.328 e. The predicted molar refractivity (Wildman–Crippen MR) is 402 cm³/mol. The van der Waals surface area contributed by atoms with E-state index in [1.807, 2.05) is 24.3 Å². The Hall–Kier alpha value is -12.8. The van der Waals surface area contributed by atoms with E-state index >= 15 is 0 Å². The molecule has 0 spiro atoms. The number of H-pyrrole nitrogens is 2. The number of para-hydroxylation sites is 1. The summed E-state index contributed by atoms with van der Waals surface area (Å²) in [5, 5.41) is 95.0. The van der Waals surface area contributed by atoms with Crippen molar-refractivity contribution in [3.63, 3.8) is 0 Å². The average molecular weight is 1560 g/mol. The van der Waals surface area contributed by atoms with E-state index in [1.54, 1.807) is 36.5 Å². The van der Waals surface area contributed by atoms with Crippen molar-refractivity contribution >= 4 is 87.8 Å². The SMILES string of the molecule is C[C@@H](O)[C@H](NC(=O)[C@H](Cc1ccc(O)cc1)NC(=O)[C@H](CC(N)=O)NC(=O)[C@H](Cc1ccc(O)cc1)NC(=O)[C@H](Cc1ccccc1)NC(=O)[C@H](CO)NC(=O)[C@H](Cc1ccc(O)cc1)NC(=O)[C@H](Cc1cnc[nH]1)NC(=O)[C@@H]1CCCN1C(=O)[C@H](CO)NC(=O)[C@@H]1CCCN1C(=O)[C@@H](N)Cc1c[nH]c2ccccc12)C(=O)O. The van der Waals surface area contributed by atoms with Crippen LogP contribution in [0, 0.1) is 0 Å². The van der Waals surface area contributed by atoms with Gasteiger partial charge >= 0.3 is 5.97 Å². The van der Waals surface area contributed by atoms with E-state index in [-0.39, 0.29) is 81.7 Å². The molecule has 0 aliphatic carbocycles. The third-order valence-electron chi connectivity index (χ3n) is 19.4. The predicted octanol–water partition coefficient (Wildman–Crippen LogP) is -3.24. The molecule has 0 unspecified atom stereocenters. The van der Waals surface area contributed by atoms with E-state index in [1.165, 1.54) is 90.2 Å². The lowest BCUT2D eigenvalue weighted by Crippen LogP contribution is -2.62. The number of carboxylic acids is 1. The van der Waals surface area contributed by atoms with Crippen LogP contribution in [0.3, 0.4) is 0 Å². The number of likely N-dealkylation sites (tertiary alicyclic amines) is 2. The number of aliphatic hydroxyl groups is 3. The molecular formula is C77H92N16O20. The second-order valence-corrected chi connectivity index (χ2v) is 27.7. The fourth-order valence-corrected chi connectivity index (χ4v) is 13.4. The molecule has 0 radical (unpaired) electrons. The first-order valence-electron chi connectivity index (χ1n) is 36.5. The number of aromatic nitrogens is 3. The number of hydrogen-bond donors (Lipinski definition) is 20. The third-order valence-corrected chi connectivity index (χ3v) is 19.4. The lowest BCUT2D eigenvalue weighted by atomic mass is 10.0. The largest absolute Gasteiger partial charge is 0.508 e. The summed E-state index contributed by atoms with van der Waals surface area (Å²) in [7, 11) is 0. The number of nitrogens with zero attached hydrogens (tertiary/aromatic N) is 3. The minimum atomic E-state index is -1.93. The number of hydrogen-bond acceptors (Lipinski definition) is 21. The summed E-state index contributed by atoms with van der Waals surface area (Å²) in [6.45, 7) is -0.780. The number of carbonyl (C=O) groups excluding carboxylic acids is 12. The summed E-state index contributed by atoms with van der Waals surface area (Å²) >= 11 is 0. The van der Waals surface area contributed by atoms with E-state index in [4.69, 9.17) is 11.5 Å². The quantitative estimate of drug-likeness (QED) is 0.0181. The van der Waals surface area contributed by atoms with Gasteiger partial charge in [-0.25, -0.2) is 9.78 Å². The molecule has 36 nitrogen and oxygen atoms in total. The molecule has 36 heteroatoms. The zero-order valence-corrected chi connectivity index (χ0v) is 61.4. The maximum Gasteiger partial charge on any atom is 0.328 e. The molecule has 12 amide bonds. The van der Waals surface area contributed by atoms with Crippen LogP contribution in [0.15, 0.2) is 146 Å². The number of aliphatic hydroxyl groups excluding tert-OH is 3. The van der Waals surface area contributed by atoms with Crippen LogP contribution in [0.2, 0.25) is 0 Å². The van der Waals surface area contributed by atoms with Gasteiger partial charge in [-0.3, -0.25) is 57.5 Å². The van der Waals surface area contributed by atoms with Gasteiger partial charge in [0.05, 0.1) is 38.1 Å². The average Bonchev–Trinajstić information content (AvgIpc) is 1.70. The number of nitrogens with two attached hydrogens (primary N) is 2. The number of aromatic amines is 2. The number of fused-ring (bicyclic) bond motifs is 1. The molecule has 5 aromatic carbocycles. The fraction of sp³-hybridized carbons (Fsp3) is 0.377. The number of carbonyl (C=O) groups is 13. The molecule has 2 aliphatic rings. The third kappa shape index (κ3) is 23.4. The van der Waals surface area contributed by atoms with Gasteiger partial charge in [0.15, 0.2) is 6.04 Å². The summed E-state index contributed by atoms with van der Waals surface area (Å²) in [6, 6.07) is 12.6. The van der Waals surface area contributed by atoms with E-state index in [0.717, 1.165) is 28.3 Å². The first kappa shape index (κ1) is 84.2. The van der Waals surface area contributed by atoms with Gasteiger partial charge in [0.2, 0.25) is 70.9 Å². The molecule has 600 valence electrons. The molecule has 2 fully saturated rings. The van der Waals surface area contributed by atoms with Gasteiger partial charge < -0.3 is 115 Å². The molecule has 13 atom stereocenters. The molecule has 7 aromatic rings. The lowest BCUT2D eigenvalue weighted by molar-refractivity contribution is -0.145. The topological polar surface area (TPSA) is 575 Å². The van der Waals surface area contributed by atoms with E-state index in [0.29, 0.717) is 34.4 Å². The molecule has 2 aromatic heterocycles. The maximum absolute atomic E-state index is 14.9. The molecular weight excluding hydrogens is 1470 g/mol. The van der Waals surface area contributed by atoms with E-state index < -0.39 is 182 Å². The molecule has 9 rings (SSSR count). The van der Waals surface area contributed by atoms with Crippen molar-refractivity contribution in [3.05, 3.63) is 180 Å². The number of phenolic OH excluding ortho intramolecular Hbond substituents is 3. The first-order valence-corrected chi connectivity index (χ1v) is 36.5. The molecule has 0 saturated carbocycles. The Morgan fingerprint density at radius 3 is 1.32 bits per heavy atom. The summed E-state index contributed by atoms with van der Waals surface area (Å²) in [5.41, 5.74) is 15.4. The van der Waals surface area contributed by atoms with Crippen molar-refractivity contribution in [1.29, 1.82) is 0 Å². The van der Waals surface area contributed by atoms with Gasteiger partial charge in [-0.05, 0) is 109 Å². The van der Waals surface area contributed by atoms with Gasteiger partial charge in [-0.1, -0.05) is 84.9 Å². The van der Waals surface area contributed by atoms with E-state index in [2.05, 4.69) is 62.8 Å². The van der Waals surface area contributed by atoms with Crippen LogP contribution in [0.5, 0.6) is 17.2 Å². The first-order chi connectivity index (χ1) is 54.1. The van der Waals surface area contributed by atoms with Gasteiger partial charge in [0.25, 0.3) is 0 Å². The molecule has 0 bridgehead atoms. The number of aliphatic carboxylic acids is 1. The summed E-state index contributed by atoms with van der Waals surface area (Å²) in [5.74, 6) is -14.2. The van der Waals surface area contributed by atoms with Gasteiger partial charge in [-0.15, -0.1) is 0 Å². The van der Waals surface area contributed by atoms with Crippen molar-refractivity contribution in [3.8, 4) is 17.2 Å². The van der Waals surface area contributed by atoms with Crippen LogP contribution < -0.4 is 59.3 Å². The molecule has 2 aliphatic heterocycles. The number of benzene rings is 5. The number of nitrogens with one attached hydrogen (secondary N) is 11. The minimum Gasteiger partial charge on any atom is -0.508 e. The Labute approximate surface area is 646 Å². The normalized spacial score (nSPS) is 16.9. The molecule has 2 saturated heterocycles. The molecule has 113 heavy (non-hydrogen) atoms. The summed E-state index contributed by atoms with van der Waals surface area (Å²) in [6.07, 6.45) is 1.22. The van der Waals surface area contributed by atoms with Crippen LogP contribution >= 0.6 is 0 Å². The van der Waals surface area contributed by atoms with Gasteiger partial charge in [0, 0.05) is 74.2 Å². The number of carboxylic acid groups (broad SMARTS) is 1. The van der Waals surface area contributed by atoms with E-state index in [9.17, 15) is 98.1 Å². The number of rotatable bonds is 38. The number of amides is 12. The number of aromatic hydroxyl groups is 3. The Kier molecular flexibility index (Phi) is 29.6. The zero-order chi connectivity index (χ0) is 81.6. The monoisotopic (exact) mass is 1560 g/mol. The van der Waals surface area contributed by atoms with Crippen molar-refractivity contribution in [2.45, 2.75) is 156 Å². The Bertz CT molecular complexity index is 4510. The highest BCUT2D eigenvalue weighted by Gasteiger charge is 2.43. The summed E-state index contributed by atoms with van der Waals surface area (Å²) in [4.78, 5) is 196. The van der Waals surface area contributed by atoms with Crippen LogP contribution in [0.4, 0.5) is 0 Å². The number of imidazole rings is 1. The lowest BCUT2D eigenvalue weighted by Gasteiger charge is -2.31. The zero-order valence-electron chi connectivity index (χ0n) is 61.4. The maximum atomic E-state index is 14.9. The highest BCUT2D eigenvalue weighted by Crippen LogP contribution is 2.25. The van der Waals surface area contributed by atoms with Crippen LogP contribution in [0.1, 0.15) is 72.5 Å². The van der Waals surface area contributed by atoms with Crippen LogP contribution in [0.25, 0.3) is 10.9 Å². The van der Waals surface area contributed by atoms with Crippen molar-refractivity contribution < 1.29 is 98.1 Å². The van der Waals surface area contributed by atoms with Crippen molar-refractivity contribution in [1.82, 2.24) is 72.6 Å². The number of phenols is 3. The van der Waals surface area contributed by atoms with Gasteiger partial charge in [-0.2, -0.15) is 0 Å². The second kappa shape index (κ2) is 39.7. The molecule has 22 N–H and O–H groups in total. The highest BCUT2D eigenvalue weighted by atomic mass is 16.4.